The lowest BCUT2D eigenvalue weighted by atomic mass is 9.97. The molecule has 1 aliphatic heterocycles. The van der Waals surface area contributed by atoms with Crippen LogP contribution in [0, 0.1) is 5.82 Å². The molecule has 0 unspecified atom stereocenters. The van der Waals surface area contributed by atoms with Crippen LogP contribution in [0.15, 0.2) is 36.5 Å². The Balaban J connectivity index is 0.00000110. The molecule has 0 saturated carbocycles. The minimum atomic E-state index is -0.237. The van der Waals surface area contributed by atoms with Crippen LogP contribution in [-0.2, 0) is 0 Å². The Morgan fingerprint density at radius 3 is 2.57 bits per heavy atom. The molecule has 1 saturated heterocycles. The smallest absolute Gasteiger partial charge is 0.132 e. The maximum Gasteiger partial charge on any atom is 0.132 e. The first-order valence-corrected chi connectivity index (χ1v) is 6.62. The molecule has 21 heavy (non-hydrogen) atoms. The Labute approximate surface area is 136 Å². The Hall–Kier alpha value is -1.23. The van der Waals surface area contributed by atoms with E-state index in [4.69, 9.17) is 0 Å². The zero-order valence-corrected chi connectivity index (χ0v) is 13.1. The zero-order chi connectivity index (χ0) is 13.1. The highest BCUT2D eigenvalue weighted by atomic mass is 35.5. The van der Waals surface area contributed by atoms with E-state index in [-0.39, 0.29) is 30.6 Å². The van der Waals surface area contributed by atoms with Gasteiger partial charge in [0, 0.05) is 17.7 Å². The van der Waals surface area contributed by atoms with Crippen molar-refractivity contribution in [3.63, 3.8) is 0 Å². The summed E-state index contributed by atoms with van der Waals surface area (Å²) in [5, 5.41) is 3.33. The van der Waals surface area contributed by atoms with Gasteiger partial charge in [0.05, 0.1) is 5.69 Å². The average molecular weight is 330 g/mol. The maximum absolute atomic E-state index is 13.3. The van der Waals surface area contributed by atoms with Crippen molar-refractivity contribution in [1.29, 1.82) is 0 Å². The first kappa shape index (κ1) is 17.8. The Kier molecular flexibility index (Phi) is 7.02. The second-order valence-corrected chi connectivity index (χ2v) is 4.83. The SMILES string of the molecule is Cl.Cl.Fc1cccc(-c2ccnc(C3CCNCC3)n2)c1. The number of rotatable bonds is 2. The molecule has 1 aromatic heterocycles. The van der Waals surface area contributed by atoms with Crippen LogP contribution in [0.5, 0.6) is 0 Å². The molecule has 0 bridgehead atoms. The lowest BCUT2D eigenvalue weighted by Crippen LogP contribution is -2.27. The van der Waals surface area contributed by atoms with Crippen molar-refractivity contribution in [2.75, 3.05) is 13.1 Å². The molecular weight excluding hydrogens is 312 g/mol. The number of nitrogens with zero attached hydrogens (tertiary/aromatic N) is 2. The average Bonchev–Trinajstić information content (AvgIpc) is 2.48. The highest BCUT2D eigenvalue weighted by molar-refractivity contribution is 5.85. The number of nitrogens with one attached hydrogen (secondary N) is 1. The zero-order valence-electron chi connectivity index (χ0n) is 11.5. The molecule has 2 aromatic rings. The highest BCUT2D eigenvalue weighted by Crippen LogP contribution is 2.24. The van der Waals surface area contributed by atoms with Crippen LogP contribution in [-0.4, -0.2) is 23.1 Å². The fourth-order valence-corrected chi connectivity index (χ4v) is 2.46. The van der Waals surface area contributed by atoms with Crippen LogP contribution < -0.4 is 5.32 Å². The van der Waals surface area contributed by atoms with Crippen LogP contribution in [0.4, 0.5) is 4.39 Å². The van der Waals surface area contributed by atoms with Crippen LogP contribution >= 0.6 is 24.8 Å². The molecule has 0 spiro atoms. The maximum atomic E-state index is 13.3. The summed E-state index contributed by atoms with van der Waals surface area (Å²) in [6, 6.07) is 8.36. The minimum absolute atomic E-state index is 0. The third-order valence-corrected chi connectivity index (χ3v) is 3.50. The monoisotopic (exact) mass is 329 g/mol. The van der Waals surface area contributed by atoms with Crippen molar-refractivity contribution in [2.45, 2.75) is 18.8 Å². The van der Waals surface area contributed by atoms with Crippen molar-refractivity contribution in [1.82, 2.24) is 15.3 Å². The summed E-state index contributed by atoms with van der Waals surface area (Å²) in [5.41, 5.74) is 1.60. The van der Waals surface area contributed by atoms with E-state index in [1.165, 1.54) is 12.1 Å². The molecule has 3 nitrogen and oxygen atoms in total. The van der Waals surface area contributed by atoms with Gasteiger partial charge in [-0.25, -0.2) is 14.4 Å². The van der Waals surface area contributed by atoms with Crippen LogP contribution in [0.3, 0.4) is 0 Å². The molecule has 0 aliphatic carbocycles. The lowest BCUT2D eigenvalue weighted by molar-refractivity contribution is 0.445. The number of halogens is 3. The van der Waals surface area contributed by atoms with E-state index >= 15 is 0 Å². The number of hydrogen-bond donors (Lipinski definition) is 1. The fourth-order valence-electron chi connectivity index (χ4n) is 2.46. The summed E-state index contributed by atoms with van der Waals surface area (Å²) in [6.45, 7) is 2.02. The van der Waals surface area contributed by atoms with E-state index in [2.05, 4.69) is 15.3 Å². The highest BCUT2D eigenvalue weighted by Gasteiger charge is 2.18. The molecule has 3 rings (SSSR count). The Morgan fingerprint density at radius 1 is 1.10 bits per heavy atom. The van der Waals surface area contributed by atoms with Gasteiger partial charge >= 0.3 is 0 Å². The predicted molar refractivity (Wildman–Crippen MR) is 86.8 cm³/mol. The molecule has 1 aromatic carbocycles. The normalized spacial score (nSPS) is 14.9. The number of aromatic nitrogens is 2. The molecular formula is C15H18Cl2FN3. The summed E-state index contributed by atoms with van der Waals surface area (Å²) in [7, 11) is 0. The largest absolute Gasteiger partial charge is 0.317 e. The lowest BCUT2D eigenvalue weighted by Gasteiger charge is -2.21. The molecule has 0 amide bonds. The Morgan fingerprint density at radius 2 is 1.86 bits per heavy atom. The molecule has 114 valence electrons. The minimum Gasteiger partial charge on any atom is -0.317 e. The topological polar surface area (TPSA) is 37.8 Å². The van der Waals surface area contributed by atoms with Gasteiger partial charge < -0.3 is 5.32 Å². The quantitative estimate of drug-likeness (QED) is 0.914. The predicted octanol–water partition coefficient (Wildman–Crippen LogP) is 3.59. The van der Waals surface area contributed by atoms with E-state index in [1.807, 2.05) is 12.1 Å². The molecule has 1 fully saturated rings. The summed E-state index contributed by atoms with van der Waals surface area (Å²) in [5.74, 6) is 1.05. The van der Waals surface area contributed by atoms with Crippen LogP contribution in [0.1, 0.15) is 24.6 Å². The van der Waals surface area contributed by atoms with Gasteiger partial charge in [0.2, 0.25) is 0 Å². The second-order valence-electron chi connectivity index (χ2n) is 4.83. The van der Waals surface area contributed by atoms with Gasteiger partial charge in [0.1, 0.15) is 11.6 Å². The molecule has 6 heteroatoms. The number of hydrogen-bond acceptors (Lipinski definition) is 3. The molecule has 0 radical (unpaired) electrons. The van der Waals surface area contributed by atoms with Gasteiger partial charge in [-0.2, -0.15) is 0 Å². The summed E-state index contributed by atoms with van der Waals surface area (Å²) < 4.78 is 13.3. The van der Waals surface area contributed by atoms with Crippen molar-refractivity contribution < 1.29 is 4.39 Å². The van der Waals surface area contributed by atoms with Gasteiger partial charge in [0.15, 0.2) is 0 Å². The van der Waals surface area contributed by atoms with E-state index in [0.717, 1.165) is 43.0 Å². The summed E-state index contributed by atoms with van der Waals surface area (Å²) in [4.78, 5) is 8.98. The molecule has 0 atom stereocenters. The first-order valence-electron chi connectivity index (χ1n) is 6.62. The van der Waals surface area contributed by atoms with Gasteiger partial charge in [-0.1, -0.05) is 12.1 Å². The van der Waals surface area contributed by atoms with Crippen LogP contribution in [0.25, 0.3) is 11.3 Å². The van der Waals surface area contributed by atoms with Crippen LogP contribution in [0.2, 0.25) is 0 Å². The van der Waals surface area contributed by atoms with Crippen molar-refractivity contribution >= 4 is 24.8 Å². The second kappa shape index (κ2) is 8.27. The van der Waals surface area contributed by atoms with Gasteiger partial charge in [-0.05, 0) is 44.1 Å². The van der Waals surface area contributed by atoms with E-state index in [0.29, 0.717) is 5.92 Å². The van der Waals surface area contributed by atoms with E-state index in [1.54, 1.807) is 12.3 Å². The number of benzene rings is 1. The van der Waals surface area contributed by atoms with Crippen molar-refractivity contribution in [2.24, 2.45) is 0 Å². The molecule has 1 N–H and O–H groups in total. The van der Waals surface area contributed by atoms with E-state index < -0.39 is 0 Å². The van der Waals surface area contributed by atoms with E-state index in [9.17, 15) is 4.39 Å². The van der Waals surface area contributed by atoms with Gasteiger partial charge in [-0.3, -0.25) is 0 Å². The third-order valence-electron chi connectivity index (χ3n) is 3.50. The standard InChI is InChI=1S/C15H16FN3.2ClH/c16-13-3-1-2-12(10-13)14-6-9-18-15(19-14)11-4-7-17-8-5-11;;/h1-3,6,9-11,17H,4-5,7-8H2;2*1H. The number of piperidine rings is 1. The fraction of sp³-hybridized carbons (Fsp3) is 0.333. The van der Waals surface area contributed by atoms with Gasteiger partial charge in [-0.15, -0.1) is 24.8 Å². The van der Waals surface area contributed by atoms with Crippen molar-refractivity contribution in [3.8, 4) is 11.3 Å². The molecule has 1 aliphatic rings. The third kappa shape index (κ3) is 4.37. The van der Waals surface area contributed by atoms with Crippen molar-refractivity contribution in [3.05, 3.63) is 48.2 Å². The summed E-state index contributed by atoms with van der Waals surface area (Å²) >= 11 is 0. The van der Waals surface area contributed by atoms with Gasteiger partial charge in [0.25, 0.3) is 0 Å². The molecule has 2 heterocycles. The first-order chi connectivity index (χ1) is 9.33. The summed E-state index contributed by atoms with van der Waals surface area (Å²) in [6.07, 6.45) is 3.89. The Bertz CT molecular complexity index is 574.